The number of thiophene rings is 1. The van der Waals surface area contributed by atoms with Crippen LogP contribution in [-0.2, 0) is 0 Å². The zero-order valence-electron chi connectivity index (χ0n) is 30.3. The van der Waals surface area contributed by atoms with Gasteiger partial charge in [-0.3, -0.25) is 0 Å². The fourth-order valence-corrected chi connectivity index (χ4v) is 9.43. The third-order valence-corrected chi connectivity index (χ3v) is 12.1. The Morgan fingerprint density at radius 1 is 0.333 bits per heavy atom. The molecule has 4 aromatic heterocycles. The summed E-state index contributed by atoms with van der Waals surface area (Å²) in [6.45, 7) is 0. The number of aromatic nitrogens is 3. The summed E-state index contributed by atoms with van der Waals surface area (Å²) in [6, 6.07) is 60.9. The largest absolute Gasteiger partial charge is 0.456 e. The predicted molar refractivity (Wildman–Crippen MR) is 234 cm³/mol. The van der Waals surface area contributed by atoms with Gasteiger partial charge < -0.3 is 8.83 Å². The van der Waals surface area contributed by atoms with Crippen LogP contribution in [0, 0.1) is 0 Å². The van der Waals surface area contributed by atoms with Gasteiger partial charge in [0.25, 0.3) is 0 Å². The second kappa shape index (κ2) is 12.6. The number of rotatable bonds is 5. The highest BCUT2D eigenvalue weighted by atomic mass is 32.1. The zero-order valence-corrected chi connectivity index (χ0v) is 31.1. The monoisotopic (exact) mass is 747 g/mol. The summed E-state index contributed by atoms with van der Waals surface area (Å²) in [6.07, 6.45) is 0. The summed E-state index contributed by atoms with van der Waals surface area (Å²) in [7, 11) is 0. The molecule has 0 aliphatic heterocycles. The predicted octanol–water partition coefficient (Wildman–Crippen LogP) is 14.4. The van der Waals surface area contributed by atoms with E-state index < -0.39 is 0 Å². The number of para-hydroxylation sites is 2. The van der Waals surface area contributed by atoms with Crippen molar-refractivity contribution in [2.24, 2.45) is 0 Å². The molecule has 57 heavy (non-hydrogen) atoms. The molecule has 266 valence electrons. The first kappa shape index (κ1) is 31.9. The SMILES string of the molecule is c1ccc(-c2nc(-c3ccc(-c4ccc(-c5cccc6sc7ccccc7c56)c5oc6ccccc6c45)cc3)nc(-c3ccc4c(c3)oc3ccccc34)n2)cc1. The van der Waals surface area contributed by atoms with Gasteiger partial charge in [-0.1, -0.05) is 133 Å². The Balaban J connectivity index is 0.994. The molecular formula is C51H29N3O2S. The van der Waals surface area contributed by atoms with Crippen molar-refractivity contribution in [3.63, 3.8) is 0 Å². The lowest BCUT2D eigenvalue weighted by Crippen LogP contribution is -2.00. The highest BCUT2D eigenvalue weighted by Gasteiger charge is 2.21. The molecule has 0 aliphatic carbocycles. The van der Waals surface area contributed by atoms with Crippen molar-refractivity contribution in [1.82, 2.24) is 15.0 Å². The van der Waals surface area contributed by atoms with Crippen LogP contribution >= 0.6 is 11.3 Å². The molecule has 0 fully saturated rings. The van der Waals surface area contributed by atoms with Crippen molar-refractivity contribution in [2.75, 3.05) is 0 Å². The molecule has 0 spiro atoms. The molecule has 0 saturated heterocycles. The summed E-state index contributed by atoms with van der Waals surface area (Å²) in [5.74, 6) is 1.79. The number of hydrogen-bond acceptors (Lipinski definition) is 6. The van der Waals surface area contributed by atoms with Crippen molar-refractivity contribution in [1.29, 1.82) is 0 Å². The highest BCUT2D eigenvalue weighted by Crippen LogP contribution is 2.46. The molecule has 5 nitrogen and oxygen atoms in total. The van der Waals surface area contributed by atoms with E-state index in [1.165, 1.54) is 25.7 Å². The van der Waals surface area contributed by atoms with Gasteiger partial charge in [-0.15, -0.1) is 11.3 Å². The lowest BCUT2D eigenvalue weighted by molar-refractivity contribution is 0.669. The van der Waals surface area contributed by atoms with E-state index in [0.29, 0.717) is 17.5 Å². The van der Waals surface area contributed by atoms with Crippen LogP contribution in [0.1, 0.15) is 0 Å². The topological polar surface area (TPSA) is 65.0 Å². The molecular weight excluding hydrogens is 719 g/mol. The Kier molecular flexibility index (Phi) is 7.03. The van der Waals surface area contributed by atoms with Crippen LogP contribution in [0.5, 0.6) is 0 Å². The summed E-state index contributed by atoms with van der Waals surface area (Å²) in [4.78, 5) is 15.0. The standard InChI is InChI=1S/C51H29N3O2S/c1-2-11-31(12-3-1)49-52-50(54-51(53-49)33-25-26-36-35-13-4-7-17-41(35)55-43(36)29-33)32-23-21-30(22-24-32)34-27-28-38(48-47(34)39-14-5-8-18-42(39)56-48)37-16-10-20-45-46(37)40-15-6-9-19-44(40)57-45/h1-29H. The van der Waals surface area contributed by atoms with Gasteiger partial charge in [-0.2, -0.15) is 0 Å². The lowest BCUT2D eigenvalue weighted by Gasteiger charge is -2.11. The molecule has 8 aromatic carbocycles. The average molecular weight is 748 g/mol. The number of benzene rings is 8. The van der Waals surface area contributed by atoms with E-state index in [1.807, 2.05) is 72.0 Å². The summed E-state index contributed by atoms with van der Waals surface area (Å²) >= 11 is 1.83. The normalized spacial score (nSPS) is 11.9. The Labute approximate surface area is 330 Å². The fraction of sp³-hybridized carbons (Fsp3) is 0. The molecule has 0 saturated carbocycles. The van der Waals surface area contributed by atoms with E-state index in [2.05, 4.69) is 115 Å². The van der Waals surface area contributed by atoms with E-state index in [4.69, 9.17) is 23.8 Å². The molecule has 6 heteroatoms. The van der Waals surface area contributed by atoms with Crippen LogP contribution in [0.2, 0.25) is 0 Å². The van der Waals surface area contributed by atoms with Crippen LogP contribution < -0.4 is 0 Å². The first-order valence-corrected chi connectivity index (χ1v) is 19.7. The van der Waals surface area contributed by atoms with Gasteiger partial charge in [0.1, 0.15) is 22.3 Å². The summed E-state index contributed by atoms with van der Waals surface area (Å²) in [5, 5.41) is 6.87. The van der Waals surface area contributed by atoms with Gasteiger partial charge in [-0.05, 0) is 59.2 Å². The minimum atomic E-state index is 0.584. The van der Waals surface area contributed by atoms with Crippen molar-refractivity contribution in [3.05, 3.63) is 176 Å². The Morgan fingerprint density at radius 3 is 1.72 bits per heavy atom. The van der Waals surface area contributed by atoms with Crippen LogP contribution in [0.15, 0.2) is 185 Å². The molecule has 12 rings (SSSR count). The maximum atomic E-state index is 6.75. The smallest absolute Gasteiger partial charge is 0.164 e. The molecule has 0 N–H and O–H groups in total. The van der Waals surface area contributed by atoms with Crippen molar-refractivity contribution < 1.29 is 8.83 Å². The van der Waals surface area contributed by atoms with E-state index in [9.17, 15) is 0 Å². The minimum Gasteiger partial charge on any atom is -0.456 e. The molecule has 0 bridgehead atoms. The third kappa shape index (κ3) is 5.12. The maximum absolute atomic E-state index is 6.75. The van der Waals surface area contributed by atoms with Gasteiger partial charge >= 0.3 is 0 Å². The Hall–Kier alpha value is -7.41. The zero-order chi connectivity index (χ0) is 37.5. The van der Waals surface area contributed by atoms with E-state index >= 15 is 0 Å². The summed E-state index contributed by atoms with van der Waals surface area (Å²) < 4.78 is 15.5. The highest BCUT2D eigenvalue weighted by molar-refractivity contribution is 7.25. The lowest BCUT2D eigenvalue weighted by atomic mass is 9.92. The average Bonchev–Trinajstić information content (AvgIpc) is 3.98. The van der Waals surface area contributed by atoms with Crippen LogP contribution in [-0.4, -0.2) is 15.0 Å². The van der Waals surface area contributed by atoms with Gasteiger partial charge in [0.15, 0.2) is 17.5 Å². The van der Waals surface area contributed by atoms with E-state index in [1.54, 1.807) is 0 Å². The molecule has 0 unspecified atom stereocenters. The maximum Gasteiger partial charge on any atom is 0.164 e. The molecule has 0 atom stereocenters. The molecule has 0 amide bonds. The second-order valence-electron chi connectivity index (χ2n) is 14.3. The first-order chi connectivity index (χ1) is 28.2. The number of hydrogen-bond donors (Lipinski definition) is 0. The van der Waals surface area contributed by atoms with Gasteiger partial charge in [0.05, 0.1) is 0 Å². The van der Waals surface area contributed by atoms with Crippen LogP contribution in [0.25, 0.3) is 120 Å². The summed E-state index contributed by atoms with van der Waals surface area (Å²) in [5.41, 5.74) is 10.5. The molecule has 0 radical (unpaired) electrons. The number of nitrogens with zero attached hydrogens (tertiary/aromatic N) is 3. The van der Waals surface area contributed by atoms with Crippen molar-refractivity contribution >= 4 is 75.4 Å². The van der Waals surface area contributed by atoms with Crippen LogP contribution in [0.4, 0.5) is 0 Å². The quantitative estimate of drug-likeness (QED) is 0.175. The minimum absolute atomic E-state index is 0.584. The van der Waals surface area contributed by atoms with E-state index in [-0.39, 0.29) is 0 Å². The van der Waals surface area contributed by atoms with Crippen LogP contribution in [0.3, 0.4) is 0 Å². The number of fused-ring (bicyclic) bond motifs is 9. The van der Waals surface area contributed by atoms with Crippen molar-refractivity contribution in [2.45, 2.75) is 0 Å². The second-order valence-corrected chi connectivity index (χ2v) is 15.4. The van der Waals surface area contributed by atoms with Gasteiger partial charge in [0, 0.05) is 64.0 Å². The molecule has 0 aliphatic rings. The first-order valence-electron chi connectivity index (χ1n) is 18.9. The molecule has 12 aromatic rings. The fourth-order valence-electron chi connectivity index (χ4n) is 8.29. The Morgan fingerprint density at radius 2 is 0.912 bits per heavy atom. The number of furan rings is 2. The third-order valence-electron chi connectivity index (χ3n) is 11.0. The Bertz CT molecular complexity index is 3530. The van der Waals surface area contributed by atoms with Gasteiger partial charge in [-0.25, -0.2) is 15.0 Å². The van der Waals surface area contributed by atoms with Crippen molar-refractivity contribution in [3.8, 4) is 56.4 Å². The van der Waals surface area contributed by atoms with E-state index in [0.717, 1.165) is 77.3 Å². The van der Waals surface area contributed by atoms with Gasteiger partial charge in [0.2, 0.25) is 0 Å². The molecule has 4 heterocycles.